The van der Waals surface area contributed by atoms with Crippen LogP contribution in [0.4, 0.5) is 10.8 Å². The van der Waals surface area contributed by atoms with Gasteiger partial charge in [0.2, 0.25) is 17.6 Å². The van der Waals surface area contributed by atoms with Crippen molar-refractivity contribution in [2.24, 2.45) is 5.41 Å². The number of anilines is 2. The number of nitrogens with one attached hydrogen (secondary N) is 1. The number of hydrogen-bond donors (Lipinski definition) is 2. The van der Waals surface area contributed by atoms with Crippen LogP contribution in [0.25, 0.3) is 11.5 Å². The molecule has 2 saturated heterocycles. The van der Waals surface area contributed by atoms with Gasteiger partial charge in [0.15, 0.2) is 0 Å². The first-order valence-corrected chi connectivity index (χ1v) is 15.7. The van der Waals surface area contributed by atoms with E-state index in [1.54, 1.807) is 4.90 Å². The molecule has 2 aliphatic carbocycles. The van der Waals surface area contributed by atoms with Gasteiger partial charge in [-0.1, -0.05) is 11.7 Å². The summed E-state index contributed by atoms with van der Waals surface area (Å²) in [5.74, 6) is 1.37. The number of carbonyl (C=O) groups excluding carboxylic acids is 1. The lowest BCUT2D eigenvalue weighted by molar-refractivity contribution is -0.126. The van der Waals surface area contributed by atoms with Crippen molar-refractivity contribution in [3.8, 4) is 23.6 Å². The summed E-state index contributed by atoms with van der Waals surface area (Å²) in [6.45, 7) is 9.50. The predicted octanol–water partition coefficient (Wildman–Crippen LogP) is 3.04. The Balaban J connectivity index is 1.19. The van der Waals surface area contributed by atoms with Crippen LogP contribution < -0.4 is 20.7 Å². The quantitative estimate of drug-likeness (QED) is 0.383. The number of ether oxygens (including phenoxy) is 1. The largest absolute Gasteiger partial charge is 0.462 e. The molecular weight excluding hydrogens is 566 g/mol. The number of hydrogen-bond acceptors (Lipinski definition) is 12. The average Bonchev–Trinajstić information content (AvgIpc) is 3.33. The Morgan fingerprint density at radius 3 is 2.84 bits per heavy atom. The highest BCUT2D eigenvalue weighted by molar-refractivity contribution is 7.16. The first kappa shape index (κ1) is 27.8. The third-order valence-corrected chi connectivity index (χ3v) is 10.6. The molecule has 3 N–H and O–H groups in total. The van der Waals surface area contributed by atoms with Gasteiger partial charge in [-0.2, -0.15) is 20.2 Å². The van der Waals surface area contributed by atoms with E-state index in [1.807, 2.05) is 13.0 Å². The van der Waals surface area contributed by atoms with Crippen LogP contribution in [0.15, 0.2) is 23.2 Å². The molecule has 3 aromatic rings. The van der Waals surface area contributed by atoms with Gasteiger partial charge in [-0.3, -0.25) is 4.79 Å². The summed E-state index contributed by atoms with van der Waals surface area (Å²) in [4.78, 5) is 31.4. The second-order valence-corrected chi connectivity index (χ2v) is 13.5. The molecule has 2 aliphatic heterocycles. The Hall–Kier alpha value is -4.02. The fourth-order valence-electron chi connectivity index (χ4n) is 6.78. The van der Waals surface area contributed by atoms with E-state index < -0.39 is 5.41 Å². The lowest BCUT2D eigenvalue weighted by Crippen LogP contribution is -2.48. The minimum atomic E-state index is -0.631. The lowest BCUT2D eigenvalue weighted by atomic mass is 9.72. The maximum Gasteiger partial charge on any atom is 0.319 e. The summed E-state index contributed by atoms with van der Waals surface area (Å²) in [6, 6.07) is 4.66. The number of nitriles is 1. The number of rotatable bonds is 7. The van der Waals surface area contributed by atoms with Crippen LogP contribution in [0.3, 0.4) is 0 Å². The zero-order chi connectivity index (χ0) is 29.8. The van der Waals surface area contributed by atoms with Gasteiger partial charge in [-0.25, -0.2) is 0 Å². The molecule has 43 heavy (non-hydrogen) atoms. The highest BCUT2D eigenvalue weighted by Crippen LogP contribution is 2.52. The number of fused-ring (bicyclic) bond motifs is 1. The summed E-state index contributed by atoms with van der Waals surface area (Å²) in [5.41, 5.74) is 7.94. The minimum absolute atomic E-state index is 0.0739. The van der Waals surface area contributed by atoms with E-state index in [0.717, 1.165) is 42.7 Å². The SMILES string of the molecule is C=CC(=O)N1CCN(c2cc(-c3noc([C@@]4(C)CCCc5sc(N)c(C#N)c54)n3)nc(OCC3CC4(CC4)CN3)n2)CC1. The molecule has 0 bridgehead atoms. The van der Waals surface area contributed by atoms with Crippen molar-refractivity contribution in [1.82, 2.24) is 30.3 Å². The summed E-state index contributed by atoms with van der Waals surface area (Å²) in [7, 11) is 0. The molecular formula is C30H35N9O3S. The molecule has 1 saturated carbocycles. The van der Waals surface area contributed by atoms with Crippen LogP contribution in [0.1, 0.15) is 60.9 Å². The van der Waals surface area contributed by atoms with Crippen LogP contribution in [0.5, 0.6) is 6.01 Å². The van der Waals surface area contributed by atoms with Crippen molar-refractivity contribution in [1.29, 1.82) is 5.26 Å². The van der Waals surface area contributed by atoms with E-state index in [2.05, 4.69) is 28.0 Å². The molecule has 12 nitrogen and oxygen atoms in total. The molecule has 1 spiro atoms. The first-order chi connectivity index (χ1) is 20.8. The Bertz CT molecular complexity index is 1610. The normalized spacial score (nSPS) is 24.0. The fraction of sp³-hybridized carbons (Fsp3) is 0.533. The monoisotopic (exact) mass is 601 g/mol. The van der Waals surface area contributed by atoms with Gasteiger partial charge >= 0.3 is 6.01 Å². The molecule has 1 amide bonds. The zero-order valence-corrected chi connectivity index (χ0v) is 25.1. The maximum atomic E-state index is 12.1. The second kappa shape index (κ2) is 10.6. The molecule has 5 heterocycles. The van der Waals surface area contributed by atoms with E-state index >= 15 is 0 Å². The molecule has 0 aromatic carbocycles. The molecule has 1 unspecified atom stereocenters. The van der Waals surface area contributed by atoms with Crippen LogP contribution in [0, 0.1) is 16.7 Å². The molecule has 4 aliphatic rings. The Kier molecular flexibility index (Phi) is 6.85. The number of piperazine rings is 1. The predicted molar refractivity (Wildman–Crippen MR) is 161 cm³/mol. The average molecular weight is 602 g/mol. The molecule has 7 rings (SSSR count). The summed E-state index contributed by atoms with van der Waals surface area (Å²) in [6.07, 6.45) is 7.58. The summed E-state index contributed by atoms with van der Waals surface area (Å²) >= 11 is 1.47. The maximum absolute atomic E-state index is 12.1. The summed E-state index contributed by atoms with van der Waals surface area (Å²) in [5, 5.41) is 18.3. The molecule has 13 heteroatoms. The topological polar surface area (TPSA) is 159 Å². The Morgan fingerprint density at radius 2 is 2.12 bits per heavy atom. The van der Waals surface area contributed by atoms with Crippen molar-refractivity contribution >= 4 is 28.1 Å². The third kappa shape index (κ3) is 5.02. The van der Waals surface area contributed by atoms with E-state index in [0.29, 0.717) is 72.0 Å². The first-order valence-electron chi connectivity index (χ1n) is 14.9. The van der Waals surface area contributed by atoms with Gasteiger partial charge in [0, 0.05) is 55.3 Å². The molecule has 0 radical (unpaired) electrons. The van der Waals surface area contributed by atoms with Gasteiger partial charge in [0.05, 0.1) is 11.0 Å². The zero-order valence-electron chi connectivity index (χ0n) is 24.3. The number of aryl methyl sites for hydroxylation is 1. The van der Waals surface area contributed by atoms with Crippen LogP contribution >= 0.6 is 11.3 Å². The number of nitrogen functional groups attached to an aromatic ring is 1. The van der Waals surface area contributed by atoms with Gasteiger partial charge in [0.1, 0.15) is 29.2 Å². The van der Waals surface area contributed by atoms with Gasteiger partial charge in [0.25, 0.3) is 0 Å². The fourth-order valence-corrected chi connectivity index (χ4v) is 7.97. The number of amides is 1. The second-order valence-electron chi connectivity index (χ2n) is 12.4. The van der Waals surface area contributed by atoms with Crippen molar-refractivity contribution < 1.29 is 14.1 Å². The Labute approximate surface area is 253 Å². The number of thiophene rings is 1. The number of aromatic nitrogens is 4. The van der Waals surface area contributed by atoms with E-state index in [1.165, 1.54) is 30.3 Å². The van der Waals surface area contributed by atoms with Crippen LogP contribution in [0.2, 0.25) is 0 Å². The highest BCUT2D eigenvalue weighted by atomic mass is 32.1. The van der Waals surface area contributed by atoms with Crippen molar-refractivity contribution in [3.05, 3.63) is 40.6 Å². The molecule has 3 aromatic heterocycles. The van der Waals surface area contributed by atoms with Gasteiger partial charge < -0.3 is 30.1 Å². The number of nitrogens with zero attached hydrogens (tertiary/aromatic N) is 7. The van der Waals surface area contributed by atoms with Crippen LogP contribution in [-0.4, -0.2) is 76.3 Å². The van der Waals surface area contributed by atoms with Gasteiger partial charge in [-0.15, -0.1) is 11.3 Å². The van der Waals surface area contributed by atoms with E-state index in [9.17, 15) is 10.1 Å². The molecule has 224 valence electrons. The van der Waals surface area contributed by atoms with E-state index in [4.69, 9.17) is 29.9 Å². The highest BCUT2D eigenvalue weighted by Gasteiger charge is 2.48. The van der Waals surface area contributed by atoms with Gasteiger partial charge in [-0.05, 0) is 56.9 Å². The molecule has 2 atom stereocenters. The van der Waals surface area contributed by atoms with Crippen molar-refractivity contribution in [3.63, 3.8) is 0 Å². The number of nitrogens with two attached hydrogens (primary N) is 1. The summed E-state index contributed by atoms with van der Waals surface area (Å²) < 4.78 is 12.1. The Morgan fingerprint density at radius 1 is 1.30 bits per heavy atom. The van der Waals surface area contributed by atoms with Crippen LogP contribution in [-0.2, 0) is 16.6 Å². The third-order valence-electron chi connectivity index (χ3n) is 9.48. The minimum Gasteiger partial charge on any atom is -0.462 e. The standard InChI is InChI=1S/C30H35N9O3S/c1-3-23(40)39-11-9-38(10-12-39)22-13-20(34-28(35-22)41-16-18-14-30(7-8-30)17-33-18)26-36-27(42-37-26)29(2)6-4-5-21-24(29)19(15-31)25(32)43-21/h3,13,18,33H,1,4-12,14,16-17,32H2,2H3/t18?,29-/m0/s1. The van der Waals surface area contributed by atoms with Crippen molar-refractivity contribution in [2.45, 2.75) is 56.9 Å². The van der Waals surface area contributed by atoms with E-state index in [-0.39, 0.29) is 18.0 Å². The molecule has 3 fully saturated rings. The number of carbonyl (C=O) groups is 1. The lowest BCUT2D eigenvalue weighted by Gasteiger charge is -2.35. The smallest absolute Gasteiger partial charge is 0.319 e. The van der Waals surface area contributed by atoms with Crippen molar-refractivity contribution in [2.75, 3.05) is 50.0 Å².